The second-order valence-electron chi connectivity index (χ2n) is 4.46. The van der Waals surface area contributed by atoms with Crippen molar-refractivity contribution < 1.29 is 9.84 Å². The molecule has 1 N–H and O–H groups in total. The van der Waals surface area contributed by atoms with Crippen LogP contribution in [0.5, 0.6) is 5.75 Å². The summed E-state index contributed by atoms with van der Waals surface area (Å²) < 4.78 is 5.70. The van der Waals surface area contributed by atoms with Crippen LogP contribution < -0.4 is 4.74 Å². The number of ether oxygens (including phenoxy) is 1. The Labute approximate surface area is 115 Å². The zero-order valence-electron chi connectivity index (χ0n) is 9.67. The molecule has 0 saturated heterocycles. The van der Waals surface area contributed by atoms with Crippen molar-refractivity contribution in [1.82, 2.24) is 0 Å². The molecular formula is C14H13ClO2S. The van der Waals surface area contributed by atoms with E-state index in [9.17, 15) is 5.11 Å². The molecule has 1 aromatic carbocycles. The van der Waals surface area contributed by atoms with E-state index in [-0.39, 0.29) is 5.92 Å². The van der Waals surface area contributed by atoms with Crippen LogP contribution in [0.2, 0.25) is 5.02 Å². The van der Waals surface area contributed by atoms with E-state index in [0.29, 0.717) is 11.6 Å². The first-order valence-electron chi connectivity index (χ1n) is 5.87. The Morgan fingerprint density at radius 1 is 1.33 bits per heavy atom. The number of aliphatic hydroxyl groups is 1. The number of hydrogen-bond acceptors (Lipinski definition) is 3. The van der Waals surface area contributed by atoms with Crippen molar-refractivity contribution in [2.75, 3.05) is 6.61 Å². The molecule has 0 saturated carbocycles. The molecule has 94 valence electrons. The molecule has 1 aliphatic heterocycles. The first kappa shape index (κ1) is 12.0. The van der Waals surface area contributed by atoms with E-state index < -0.39 is 6.10 Å². The Balaban J connectivity index is 1.82. The van der Waals surface area contributed by atoms with Crippen LogP contribution in [0, 0.1) is 5.92 Å². The molecule has 1 aromatic heterocycles. The summed E-state index contributed by atoms with van der Waals surface area (Å²) in [5.74, 6) is 0.995. The summed E-state index contributed by atoms with van der Waals surface area (Å²) >= 11 is 7.56. The highest BCUT2D eigenvalue weighted by Crippen LogP contribution is 2.37. The molecule has 1 aliphatic rings. The van der Waals surface area contributed by atoms with Gasteiger partial charge in [0.1, 0.15) is 5.75 Å². The summed E-state index contributed by atoms with van der Waals surface area (Å²) in [7, 11) is 0. The second-order valence-corrected chi connectivity index (χ2v) is 5.82. The molecule has 2 unspecified atom stereocenters. The third-order valence-corrected chi connectivity index (χ3v) is 4.70. The highest BCUT2D eigenvalue weighted by atomic mass is 35.5. The number of thiophene rings is 1. The molecule has 2 nitrogen and oxygen atoms in total. The van der Waals surface area contributed by atoms with Crippen LogP contribution in [0.3, 0.4) is 0 Å². The monoisotopic (exact) mass is 280 g/mol. The normalized spacial score (nSPS) is 20.0. The highest BCUT2D eigenvalue weighted by Gasteiger charge is 2.28. The summed E-state index contributed by atoms with van der Waals surface area (Å²) in [5, 5.41) is 12.9. The zero-order chi connectivity index (χ0) is 12.5. The number of rotatable bonds is 2. The van der Waals surface area contributed by atoms with Crippen molar-refractivity contribution in [2.24, 2.45) is 5.92 Å². The number of para-hydroxylation sites is 1. The van der Waals surface area contributed by atoms with Crippen molar-refractivity contribution in [3.63, 3.8) is 0 Å². The van der Waals surface area contributed by atoms with Gasteiger partial charge in [0.05, 0.1) is 22.6 Å². The van der Waals surface area contributed by atoms with Gasteiger partial charge in [0.2, 0.25) is 0 Å². The van der Waals surface area contributed by atoms with Crippen LogP contribution in [0.1, 0.15) is 16.5 Å². The summed E-state index contributed by atoms with van der Waals surface area (Å²) in [6.45, 7) is 0.534. The molecule has 3 rings (SSSR count). The van der Waals surface area contributed by atoms with Crippen LogP contribution in [0.15, 0.2) is 35.7 Å². The van der Waals surface area contributed by atoms with Gasteiger partial charge in [-0.1, -0.05) is 29.8 Å². The topological polar surface area (TPSA) is 29.5 Å². The van der Waals surface area contributed by atoms with Gasteiger partial charge < -0.3 is 9.84 Å². The van der Waals surface area contributed by atoms with E-state index in [2.05, 4.69) is 0 Å². The van der Waals surface area contributed by atoms with E-state index in [4.69, 9.17) is 16.3 Å². The Hall–Kier alpha value is -1.03. The maximum Gasteiger partial charge on any atom is 0.122 e. The number of hydrogen-bond donors (Lipinski definition) is 1. The Morgan fingerprint density at radius 2 is 2.17 bits per heavy atom. The van der Waals surface area contributed by atoms with Gasteiger partial charge in [0.25, 0.3) is 0 Å². The van der Waals surface area contributed by atoms with E-state index in [0.717, 1.165) is 22.6 Å². The fraction of sp³-hybridized carbons (Fsp3) is 0.286. The Kier molecular flexibility index (Phi) is 3.29. The van der Waals surface area contributed by atoms with Crippen LogP contribution in [-0.2, 0) is 6.42 Å². The predicted octanol–water partition coefficient (Wildman–Crippen LogP) is 3.69. The minimum Gasteiger partial charge on any atom is -0.493 e. The first-order valence-corrected chi connectivity index (χ1v) is 7.13. The summed E-state index contributed by atoms with van der Waals surface area (Å²) in [6, 6.07) is 9.80. The molecule has 4 heteroatoms. The maximum absolute atomic E-state index is 10.4. The molecule has 2 atom stereocenters. The van der Waals surface area contributed by atoms with Gasteiger partial charge in [-0.25, -0.2) is 0 Å². The summed E-state index contributed by atoms with van der Waals surface area (Å²) in [5.41, 5.74) is 1.15. The van der Waals surface area contributed by atoms with Crippen LogP contribution in [0.4, 0.5) is 0 Å². The number of benzene rings is 1. The van der Waals surface area contributed by atoms with Crippen molar-refractivity contribution in [1.29, 1.82) is 0 Å². The van der Waals surface area contributed by atoms with Gasteiger partial charge in [-0.2, -0.15) is 0 Å². The third-order valence-electron chi connectivity index (χ3n) is 3.27. The van der Waals surface area contributed by atoms with Crippen molar-refractivity contribution in [3.8, 4) is 5.75 Å². The van der Waals surface area contributed by atoms with Gasteiger partial charge in [0.15, 0.2) is 0 Å². The molecule has 0 amide bonds. The van der Waals surface area contributed by atoms with Gasteiger partial charge >= 0.3 is 0 Å². The minimum absolute atomic E-state index is 0.0658. The van der Waals surface area contributed by atoms with Crippen LogP contribution >= 0.6 is 22.9 Å². The van der Waals surface area contributed by atoms with E-state index >= 15 is 0 Å². The lowest BCUT2D eigenvalue weighted by Gasteiger charge is -2.28. The van der Waals surface area contributed by atoms with Gasteiger partial charge in [-0.15, -0.1) is 11.3 Å². The fourth-order valence-corrected chi connectivity index (χ4v) is 3.53. The predicted molar refractivity (Wildman–Crippen MR) is 73.4 cm³/mol. The smallest absolute Gasteiger partial charge is 0.122 e. The lowest BCUT2D eigenvalue weighted by molar-refractivity contribution is 0.0671. The lowest BCUT2D eigenvalue weighted by Crippen LogP contribution is -2.26. The van der Waals surface area contributed by atoms with Gasteiger partial charge in [0, 0.05) is 5.92 Å². The molecule has 2 heterocycles. The third kappa shape index (κ3) is 2.14. The molecule has 0 radical (unpaired) electrons. The van der Waals surface area contributed by atoms with Crippen molar-refractivity contribution in [2.45, 2.75) is 12.5 Å². The quantitative estimate of drug-likeness (QED) is 0.909. The SMILES string of the molecule is OC(c1sccc1Cl)C1COc2ccccc2C1. The summed E-state index contributed by atoms with van der Waals surface area (Å²) in [6.07, 6.45) is 0.275. The highest BCUT2D eigenvalue weighted by molar-refractivity contribution is 7.10. The minimum atomic E-state index is -0.550. The van der Waals surface area contributed by atoms with Crippen LogP contribution in [-0.4, -0.2) is 11.7 Å². The average Bonchev–Trinajstić information content (AvgIpc) is 2.83. The summed E-state index contributed by atoms with van der Waals surface area (Å²) in [4.78, 5) is 0.838. The number of halogens is 1. The molecule has 0 aliphatic carbocycles. The van der Waals surface area contributed by atoms with Crippen LogP contribution in [0.25, 0.3) is 0 Å². The fourth-order valence-electron chi connectivity index (χ4n) is 2.28. The van der Waals surface area contributed by atoms with E-state index in [1.165, 1.54) is 11.3 Å². The largest absolute Gasteiger partial charge is 0.493 e. The first-order chi connectivity index (χ1) is 8.75. The van der Waals surface area contributed by atoms with E-state index in [1.54, 1.807) is 0 Å². The maximum atomic E-state index is 10.4. The Bertz CT molecular complexity index is 552. The number of fused-ring (bicyclic) bond motifs is 1. The molecular weight excluding hydrogens is 268 g/mol. The van der Waals surface area contributed by atoms with Gasteiger partial charge in [-0.05, 0) is 29.5 Å². The standard InChI is InChI=1S/C14H13ClO2S/c15-11-5-6-18-14(11)13(16)10-7-9-3-1-2-4-12(9)17-8-10/h1-6,10,13,16H,7-8H2. The van der Waals surface area contributed by atoms with Crippen molar-refractivity contribution >= 4 is 22.9 Å². The zero-order valence-corrected chi connectivity index (χ0v) is 11.2. The van der Waals surface area contributed by atoms with E-state index in [1.807, 2.05) is 35.7 Å². The molecule has 0 spiro atoms. The Morgan fingerprint density at radius 3 is 2.94 bits per heavy atom. The molecule has 0 bridgehead atoms. The van der Waals surface area contributed by atoms with Gasteiger partial charge in [-0.3, -0.25) is 0 Å². The number of aliphatic hydroxyl groups excluding tert-OH is 1. The molecule has 2 aromatic rings. The molecule has 0 fully saturated rings. The average molecular weight is 281 g/mol. The second kappa shape index (κ2) is 4.92. The lowest BCUT2D eigenvalue weighted by atomic mass is 9.91. The van der Waals surface area contributed by atoms with Crippen molar-refractivity contribution in [3.05, 3.63) is 51.2 Å². The molecule has 18 heavy (non-hydrogen) atoms.